The van der Waals surface area contributed by atoms with Crippen LogP contribution in [0.1, 0.15) is 42.7 Å². The van der Waals surface area contributed by atoms with Crippen LogP contribution in [0.5, 0.6) is 0 Å². The van der Waals surface area contributed by atoms with Crippen molar-refractivity contribution in [2.75, 3.05) is 44.6 Å². The average Bonchev–Trinajstić information content (AvgIpc) is 3.45. The highest BCUT2D eigenvalue weighted by molar-refractivity contribution is 7.13. The van der Waals surface area contributed by atoms with Crippen LogP contribution in [-0.4, -0.2) is 71.8 Å². The molecule has 0 saturated carbocycles. The Hall–Kier alpha value is -2.49. The number of rotatable bonds is 11. The summed E-state index contributed by atoms with van der Waals surface area (Å²) in [5.41, 5.74) is 1.08. The molecule has 1 aliphatic heterocycles. The van der Waals surface area contributed by atoms with Crippen molar-refractivity contribution in [1.29, 1.82) is 0 Å². The molecule has 1 aromatic carbocycles. The minimum Gasteiger partial charge on any atom is -0.354 e. The van der Waals surface area contributed by atoms with E-state index in [9.17, 15) is 14.4 Å². The zero-order valence-corrected chi connectivity index (χ0v) is 21.3. The number of anilines is 1. The summed E-state index contributed by atoms with van der Waals surface area (Å²) < 4.78 is 0. The van der Waals surface area contributed by atoms with Crippen molar-refractivity contribution in [2.24, 2.45) is 5.92 Å². The van der Waals surface area contributed by atoms with E-state index in [4.69, 9.17) is 11.6 Å². The van der Waals surface area contributed by atoms with Crippen molar-refractivity contribution in [3.63, 3.8) is 0 Å². The maximum atomic E-state index is 12.9. The Morgan fingerprint density at radius 2 is 1.85 bits per heavy atom. The molecule has 0 aliphatic carbocycles. The first kappa shape index (κ1) is 26.1. The molecular weight excluding hydrogens is 474 g/mol. The SMILES string of the molecule is CC(C)CN(CC(=O)Nc1nc(CC(=O)NCCN2CCCC2)cs1)C(=O)c1ccc(Cl)cc1. The van der Waals surface area contributed by atoms with Gasteiger partial charge in [-0.2, -0.15) is 0 Å². The van der Waals surface area contributed by atoms with Crippen LogP contribution in [0.2, 0.25) is 5.02 Å². The molecule has 0 spiro atoms. The van der Waals surface area contributed by atoms with Gasteiger partial charge in [0.25, 0.3) is 5.91 Å². The number of likely N-dealkylation sites (tertiary alicyclic amines) is 1. The lowest BCUT2D eigenvalue weighted by atomic mass is 10.1. The Morgan fingerprint density at radius 1 is 1.15 bits per heavy atom. The fourth-order valence-corrected chi connectivity index (χ4v) is 4.65. The van der Waals surface area contributed by atoms with Crippen LogP contribution < -0.4 is 10.6 Å². The van der Waals surface area contributed by atoms with E-state index in [1.807, 2.05) is 13.8 Å². The van der Waals surface area contributed by atoms with E-state index < -0.39 is 0 Å². The molecule has 10 heteroatoms. The molecule has 2 heterocycles. The summed E-state index contributed by atoms with van der Waals surface area (Å²) in [5, 5.41) is 8.40. The van der Waals surface area contributed by atoms with Gasteiger partial charge < -0.3 is 20.4 Å². The molecule has 1 saturated heterocycles. The van der Waals surface area contributed by atoms with Gasteiger partial charge in [0.1, 0.15) is 6.54 Å². The Morgan fingerprint density at radius 3 is 2.53 bits per heavy atom. The molecule has 2 N–H and O–H groups in total. The normalized spacial score (nSPS) is 13.8. The molecule has 0 atom stereocenters. The summed E-state index contributed by atoms with van der Waals surface area (Å²) in [6, 6.07) is 6.61. The topological polar surface area (TPSA) is 94.6 Å². The first-order valence-electron chi connectivity index (χ1n) is 11.6. The number of hydrogen-bond acceptors (Lipinski definition) is 6. The van der Waals surface area contributed by atoms with Gasteiger partial charge in [0.2, 0.25) is 11.8 Å². The second-order valence-corrected chi connectivity index (χ2v) is 10.1. The van der Waals surface area contributed by atoms with Gasteiger partial charge in [-0.05, 0) is 56.1 Å². The van der Waals surface area contributed by atoms with E-state index in [0.29, 0.717) is 34.5 Å². The van der Waals surface area contributed by atoms with E-state index in [1.165, 1.54) is 29.1 Å². The predicted molar refractivity (Wildman–Crippen MR) is 135 cm³/mol. The lowest BCUT2D eigenvalue weighted by molar-refractivity contribution is -0.120. The number of carbonyl (C=O) groups is 3. The van der Waals surface area contributed by atoms with E-state index in [1.54, 1.807) is 29.6 Å². The molecule has 184 valence electrons. The highest BCUT2D eigenvalue weighted by Gasteiger charge is 2.21. The Kier molecular flexibility index (Phi) is 9.86. The van der Waals surface area contributed by atoms with Crippen LogP contribution in [0.25, 0.3) is 0 Å². The maximum absolute atomic E-state index is 12.9. The van der Waals surface area contributed by atoms with Gasteiger partial charge in [0.05, 0.1) is 12.1 Å². The second-order valence-electron chi connectivity index (χ2n) is 8.85. The smallest absolute Gasteiger partial charge is 0.254 e. The molecule has 8 nitrogen and oxygen atoms in total. The Labute approximate surface area is 209 Å². The molecule has 1 aliphatic rings. The van der Waals surface area contributed by atoms with E-state index in [2.05, 4.69) is 20.5 Å². The number of benzene rings is 1. The third-order valence-electron chi connectivity index (χ3n) is 5.39. The highest BCUT2D eigenvalue weighted by atomic mass is 35.5. The van der Waals surface area contributed by atoms with E-state index in [0.717, 1.165) is 19.6 Å². The molecule has 0 bridgehead atoms. The molecule has 0 radical (unpaired) electrons. The quantitative estimate of drug-likeness (QED) is 0.488. The first-order chi connectivity index (χ1) is 16.3. The monoisotopic (exact) mass is 505 g/mol. The first-order valence-corrected chi connectivity index (χ1v) is 12.8. The molecule has 2 aromatic rings. The Bertz CT molecular complexity index is 973. The van der Waals surface area contributed by atoms with Crippen molar-refractivity contribution < 1.29 is 14.4 Å². The summed E-state index contributed by atoms with van der Waals surface area (Å²) in [4.78, 5) is 46.0. The van der Waals surface area contributed by atoms with Gasteiger partial charge in [0.15, 0.2) is 5.13 Å². The third-order valence-corrected chi connectivity index (χ3v) is 6.45. The predicted octanol–water partition coefficient (Wildman–Crippen LogP) is 3.29. The summed E-state index contributed by atoms with van der Waals surface area (Å²) in [7, 11) is 0. The lowest BCUT2D eigenvalue weighted by Crippen LogP contribution is -2.40. The summed E-state index contributed by atoms with van der Waals surface area (Å²) in [6.07, 6.45) is 2.62. The number of hydrogen-bond donors (Lipinski definition) is 2. The van der Waals surface area contributed by atoms with Crippen molar-refractivity contribution >= 4 is 45.8 Å². The van der Waals surface area contributed by atoms with Crippen molar-refractivity contribution in [1.82, 2.24) is 20.1 Å². The maximum Gasteiger partial charge on any atom is 0.254 e. The molecule has 3 rings (SSSR count). The third kappa shape index (κ3) is 8.38. The number of nitrogens with zero attached hydrogens (tertiary/aromatic N) is 3. The molecule has 1 fully saturated rings. The van der Waals surface area contributed by atoms with Crippen LogP contribution in [0.4, 0.5) is 5.13 Å². The molecule has 0 unspecified atom stereocenters. The van der Waals surface area contributed by atoms with Gasteiger partial charge in [0, 0.05) is 35.6 Å². The largest absolute Gasteiger partial charge is 0.354 e. The number of amides is 3. The number of carbonyl (C=O) groups excluding carboxylic acids is 3. The van der Waals surface area contributed by atoms with Gasteiger partial charge in [-0.3, -0.25) is 14.4 Å². The van der Waals surface area contributed by atoms with Crippen LogP contribution in [0.3, 0.4) is 0 Å². The van der Waals surface area contributed by atoms with Crippen LogP contribution >= 0.6 is 22.9 Å². The van der Waals surface area contributed by atoms with E-state index in [-0.39, 0.29) is 36.6 Å². The summed E-state index contributed by atoms with van der Waals surface area (Å²) in [5.74, 6) is -0.455. The highest BCUT2D eigenvalue weighted by Crippen LogP contribution is 2.17. The van der Waals surface area contributed by atoms with Gasteiger partial charge in [-0.15, -0.1) is 11.3 Å². The zero-order chi connectivity index (χ0) is 24.5. The number of halogens is 1. The van der Waals surface area contributed by atoms with Crippen molar-refractivity contribution in [3.05, 3.63) is 45.9 Å². The number of thiazole rings is 1. The number of aromatic nitrogens is 1. The van der Waals surface area contributed by atoms with E-state index >= 15 is 0 Å². The number of nitrogens with one attached hydrogen (secondary N) is 2. The fraction of sp³-hybridized carbons (Fsp3) is 0.500. The second kappa shape index (κ2) is 12.8. The Balaban J connectivity index is 1.49. The molecule has 34 heavy (non-hydrogen) atoms. The van der Waals surface area contributed by atoms with Gasteiger partial charge in [-0.25, -0.2) is 4.98 Å². The molecule has 1 aromatic heterocycles. The minimum atomic E-state index is -0.334. The lowest BCUT2D eigenvalue weighted by Gasteiger charge is -2.24. The molecular formula is C24H32ClN5O3S. The molecule has 3 amide bonds. The van der Waals surface area contributed by atoms with Crippen molar-refractivity contribution in [3.8, 4) is 0 Å². The van der Waals surface area contributed by atoms with Crippen LogP contribution in [-0.2, 0) is 16.0 Å². The average molecular weight is 506 g/mol. The van der Waals surface area contributed by atoms with Crippen LogP contribution in [0, 0.1) is 5.92 Å². The summed E-state index contributed by atoms with van der Waals surface area (Å²) in [6.45, 7) is 8.02. The van der Waals surface area contributed by atoms with Crippen molar-refractivity contribution in [2.45, 2.75) is 33.1 Å². The minimum absolute atomic E-state index is 0.0842. The standard InChI is InChI=1S/C24H32ClN5O3S/c1-17(2)14-30(23(33)18-5-7-19(25)8-6-18)15-22(32)28-24-27-20(16-34-24)13-21(31)26-9-12-29-10-3-4-11-29/h5-8,16-17H,3-4,9-15H2,1-2H3,(H,26,31)(H,27,28,32). The fourth-order valence-electron chi connectivity index (χ4n) is 3.80. The zero-order valence-electron chi connectivity index (χ0n) is 19.7. The van der Waals surface area contributed by atoms with Gasteiger partial charge in [-0.1, -0.05) is 25.4 Å². The van der Waals surface area contributed by atoms with Gasteiger partial charge >= 0.3 is 0 Å². The summed E-state index contributed by atoms with van der Waals surface area (Å²) >= 11 is 7.18. The van der Waals surface area contributed by atoms with Crippen LogP contribution in [0.15, 0.2) is 29.6 Å².